The van der Waals surface area contributed by atoms with E-state index < -0.39 is 0 Å². The summed E-state index contributed by atoms with van der Waals surface area (Å²) >= 11 is 0. The summed E-state index contributed by atoms with van der Waals surface area (Å²) in [5.74, 6) is 1.10. The van der Waals surface area contributed by atoms with E-state index >= 15 is 0 Å². The molecule has 2 rings (SSSR count). The molecule has 23 heavy (non-hydrogen) atoms. The summed E-state index contributed by atoms with van der Waals surface area (Å²) in [4.78, 5) is 18.5. The molecule has 0 spiro atoms. The van der Waals surface area contributed by atoms with Gasteiger partial charge in [-0.25, -0.2) is 4.98 Å². The van der Waals surface area contributed by atoms with Gasteiger partial charge in [-0.1, -0.05) is 30.7 Å². The highest BCUT2D eigenvalue weighted by molar-refractivity contribution is 5.76. The molecule has 0 atom stereocenters. The molecule has 1 aromatic heterocycles. The van der Waals surface area contributed by atoms with E-state index in [0.29, 0.717) is 13.0 Å². The van der Waals surface area contributed by atoms with Crippen LogP contribution in [0.25, 0.3) is 0 Å². The van der Waals surface area contributed by atoms with Crippen LogP contribution in [0.1, 0.15) is 49.7 Å². The normalized spacial score (nSPS) is 11.0. The molecule has 0 aliphatic carbocycles. The van der Waals surface area contributed by atoms with Crippen LogP contribution in [0.3, 0.4) is 0 Å². The maximum Gasteiger partial charge on any atom is 0.222 e. The minimum absolute atomic E-state index is 0.168. The second-order valence-electron chi connectivity index (χ2n) is 6.37. The smallest absolute Gasteiger partial charge is 0.222 e. The molecular formula is C19H27N3O. The van der Waals surface area contributed by atoms with E-state index in [1.165, 1.54) is 16.7 Å². The van der Waals surface area contributed by atoms with Gasteiger partial charge >= 0.3 is 0 Å². The van der Waals surface area contributed by atoms with Gasteiger partial charge in [0.05, 0.1) is 6.54 Å². The Bertz CT molecular complexity index is 673. The van der Waals surface area contributed by atoms with Crippen LogP contribution < -0.4 is 0 Å². The van der Waals surface area contributed by atoms with Gasteiger partial charge in [-0.2, -0.15) is 0 Å². The molecule has 0 radical (unpaired) electrons. The van der Waals surface area contributed by atoms with Gasteiger partial charge in [0.2, 0.25) is 5.91 Å². The molecule has 4 heteroatoms. The van der Waals surface area contributed by atoms with Crippen molar-refractivity contribution in [3.63, 3.8) is 0 Å². The Morgan fingerprint density at radius 2 is 2.04 bits per heavy atom. The molecule has 0 unspecified atom stereocenters. The van der Waals surface area contributed by atoms with Crippen molar-refractivity contribution in [2.45, 2.75) is 60.2 Å². The molecule has 0 bridgehead atoms. The van der Waals surface area contributed by atoms with Crippen molar-refractivity contribution in [1.82, 2.24) is 14.5 Å². The molecule has 1 aromatic carbocycles. The van der Waals surface area contributed by atoms with Gasteiger partial charge in [0.1, 0.15) is 5.82 Å². The fraction of sp³-hybridized carbons (Fsp3) is 0.474. The average Bonchev–Trinajstić information content (AvgIpc) is 2.94. The summed E-state index contributed by atoms with van der Waals surface area (Å²) in [6.07, 6.45) is 4.33. The third kappa shape index (κ3) is 4.21. The molecule has 1 heterocycles. The fourth-order valence-electron chi connectivity index (χ4n) is 2.70. The van der Waals surface area contributed by atoms with Crippen LogP contribution in [-0.2, 0) is 17.9 Å². The zero-order valence-corrected chi connectivity index (χ0v) is 14.8. The molecule has 0 saturated carbocycles. The summed E-state index contributed by atoms with van der Waals surface area (Å²) < 4.78 is 2.14. The predicted molar refractivity (Wildman–Crippen MR) is 93.2 cm³/mol. The van der Waals surface area contributed by atoms with Gasteiger partial charge < -0.3 is 9.47 Å². The zero-order valence-electron chi connectivity index (χ0n) is 14.8. The highest BCUT2D eigenvalue weighted by atomic mass is 16.2. The largest absolute Gasteiger partial charge is 0.333 e. The number of benzene rings is 1. The number of hydrogen-bond acceptors (Lipinski definition) is 2. The van der Waals surface area contributed by atoms with Gasteiger partial charge in [-0.05, 0) is 38.8 Å². The number of amides is 1. The summed E-state index contributed by atoms with van der Waals surface area (Å²) in [5.41, 5.74) is 3.83. The predicted octanol–water partition coefficient (Wildman–Crippen LogP) is 3.70. The van der Waals surface area contributed by atoms with E-state index in [-0.39, 0.29) is 11.9 Å². The Balaban J connectivity index is 2.22. The summed E-state index contributed by atoms with van der Waals surface area (Å²) in [6.45, 7) is 11.6. The average molecular weight is 313 g/mol. The van der Waals surface area contributed by atoms with E-state index in [1.807, 2.05) is 38.1 Å². The van der Waals surface area contributed by atoms with E-state index in [1.54, 1.807) is 0 Å². The van der Waals surface area contributed by atoms with Crippen LogP contribution in [0, 0.1) is 13.8 Å². The lowest BCUT2D eigenvalue weighted by molar-refractivity contribution is -0.133. The van der Waals surface area contributed by atoms with Crippen molar-refractivity contribution in [3.05, 3.63) is 53.1 Å². The Hall–Kier alpha value is -2.10. The monoisotopic (exact) mass is 313 g/mol. The van der Waals surface area contributed by atoms with Gasteiger partial charge in [0, 0.05) is 31.4 Å². The zero-order chi connectivity index (χ0) is 17.0. The first kappa shape index (κ1) is 17.3. The van der Waals surface area contributed by atoms with Crippen molar-refractivity contribution in [1.29, 1.82) is 0 Å². The molecule has 0 aliphatic heterocycles. The summed E-state index contributed by atoms with van der Waals surface area (Å²) in [5, 5.41) is 0. The molecule has 0 saturated heterocycles. The lowest BCUT2D eigenvalue weighted by atomic mass is 10.1. The van der Waals surface area contributed by atoms with Gasteiger partial charge in [-0.3, -0.25) is 4.79 Å². The topological polar surface area (TPSA) is 38.1 Å². The number of rotatable bonds is 6. The summed E-state index contributed by atoms with van der Waals surface area (Å²) in [6, 6.07) is 6.68. The molecule has 1 amide bonds. The van der Waals surface area contributed by atoms with Crippen LogP contribution in [0.15, 0.2) is 30.6 Å². The molecule has 124 valence electrons. The molecular weight excluding hydrogens is 286 g/mol. The number of aromatic nitrogens is 2. The quantitative estimate of drug-likeness (QED) is 0.815. The Kier molecular flexibility index (Phi) is 5.59. The molecule has 0 aliphatic rings. The third-order valence-corrected chi connectivity index (χ3v) is 4.20. The van der Waals surface area contributed by atoms with Gasteiger partial charge in [0.25, 0.3) is 0 Å². The van der Waals surface area contributed by atoms with Crippen LogP contribution >= 0.6 is 0 Å². The van der Waals surface area contributed by atoms with Crippen molar-refractivity contribution in [2.75, 3.05) is 0 Å². The van der Waals surface area contributed by atoms with Crippen molar-refractivity contribution in [3.8, 4) is 0 Å². The summed E-state index contributed by atoms with van der Waals surface area (Å²) in [7, 11) is 0. The molecule has 4 nitrogen and oxygen atoms in total. The van der Waals surface area contributed by atoms with E-state index in [9.17, 15) is 4.79 Å². The number of nitrogens with zero attached hydrogens (tertiary/aromatic N) is 3. The second-order valence-corrected chi connectivity index (χ2v) is 6.37. The van der Waals surface area contributed by atoms with Crippen molar-refractivity contribution >= 4 is 5.91 Å². The second kappa shape index (κ2) is 7.44. The number of carbonyl (C=O) groups is 1. The van der Waals surface area contributed by atoms with Gasteiger partial charge in [0.15, 0.2) is 0 Å². The highest BCUT2D eigenvalue weighted by Gasteiger charge is 2.18. The maximum atomic E-state index is 12.1. The lowest BCUT2D eigenvalue weighted by Gasteiger charge is -2.26. The third-order valence-electron chi connectivity index (χ3n) is 4.20. The van der Waals surface area contributed by atoms with Crippen molar-refractivity contribution < 1.29 is 4.79 Å². The van der Waals surface area contributed by atoms with E-state index in [0.717, 1.165) is 12.4 Å². The van der Waals surface area contributed by atoms with Crippen molar-refractivity contribution in [2.24, 2.45) is 0 Å². The number of imidazole rings is 1. The highest BCUT2D eigenvalue weighted by Crippen LogP contribution is 2.15. The molecule has 0 fully saturated rings. The first-order valence-electron chi connectivity index (χ1n) is 8.28. The Morgan fingerprint density at radius 1 is 1.30 bits per heavy atom. The minimum Gasteiger partial charge on any atom is -0.333 e. The molecule has 2 aromatic rings. The fourth-order valence-corrected chi connectivity index (χ4v) is 2.70. The number of hydrogen-bond donors (Lipinski definition) is 0. The first-order chi connectivity index (χ1) is 10.9. The van der Waals surface area contributed by atoms with E-state index in [4.69, 9.17) is 0 Å². The van der Waals surface area contributed by atoms with Gasteiger partial charge in [-0.15, -0.1) is 0 Å². The standard InChI is InChI=1S/C19H27N3O/c1-6-19(23)22(14(2)3)13-18-20-9-10-21(18)12-17-11-15(4)7-8-16(17)5/h7-11,14H,6,12-13H2,1-5H3. The Labute approximate surface area is 139 Å². The van der Waals surface area contributed by atoms with Crippen LogP contribution in [0.2, 0.25) is 0 Å². The first-order valence-corrected chi connectivity index (χ1v) is 8.28. The van der Waals surface area contributed by atoms with Crippen LogP contribution in [0.4, 0.5) is 0 Å². The molecule has 0 N–H and O–H groups in total. The number of carbonyl (C=O) groups excluding carboxylic acids is 1. The SMILES string of the molecule is CCC(=O)N(Cc1nccn1Cc1cc(C)ccc1C)C(C)C. The van der Waals surface area contributed by atoms with E-state index in [2.05, 4.69) is 41.6 Å². The minimum atomic E-state index is 0.168. The van der Waals surface area contributed by atoms with Crippen LogP contribution in [-0.4, -0.2) is 26.4 Å². The Morgan fingerprint density at radius 3 is 2.70 bits per heavy atom. The van der Waals surface area contributed by atoms with Crippen LogP contribution in [0.5, 0.6) is 0 Å². The lowest BCUT2D eigenvalue weighted by Crippen LogP contribution is -2.36. The number of aryl methyl sites for hydroxylation is 2. The maximum absolute atomic E-state index is 12.1.